The van der Waals surface area contributed by atoms with Crippen LogP contribution in [-0.2, 0) is 0 Å². The molecule has 0 saturated heterocycles. The summed E-state index contributed by atoms with van der Waals surface area (Å²) < 4.78 is 0. The molecule has 0 aliphatic carbocycles. The predicted octanol–water partition coefficient (Wildman–Crippen LogP) is 0.322. The summed E-state index contributed by atoms with van der Waals surface area (Å²) >= 11 is 0. The maximum Gasteiger partial charge on any atom is 0.349 e. The van der Waals surface area contributed by atoms with Gasteiger partial charge in [-0.3, -0.25) is 10.3 Å². The highest BCUT2D eigenvalue weighted by atomic mass is 16.2. The first-order valence-electron chi connectivity index (χ1n) is 4.75. The number of carbonyl (C=O) groups is 1. The number of aromatic nitrogens is 3. The van der Waals surface area contributed by atoms with Crippen LogP contribution in [0.15, 0.2) is 35.1 Å². The zero-order valence-electron chi connectivity index (χ0n) is 8.68. The fraction of sp³-hybridized carbons (Fsp3) is 0. The van der Waals surface area contributed by atoms with Crippen molar-refractivity contribution in [3.8, 4) is 11.4 Å². The average molecular weight is 231 g/mol. The first kappa shape index (κ1) is 10.8. The minimum absolute atomic E-state index is 0.125. The Hall–Kier alpha value is -2.70. The lowest BCUT2D eigenvalue weighted by Gasteiger charge is -2.02. The van der Waals surface area contributed by atoms with Crippen molar-refractivity contribution in [3.05, 3.63) is 40.8 Å². The number of nitrogens with zero attached hydrogens (tertiary/aromatic N) is 2. The van der Waals surface area contributed by atoms with Crippen LogP contribution < -0.4 is 16.7 Å². The molecule has 0 aliphatic rings. The van der Waals surface area contributed by atoms with Crippen LogP contribution in [0.5, 0.6) is 0 Å². The molecule has 17 heavy (non-hydrogen) atoms. The van der Waals surface area contributed by atoms with Gasteiger partial charge < -0.3 is 5.73 Å². The molecule has 1 aromatic heterocycles. The van der Waals surface area contributed by atoms with E-state index < -0.39 is 11.7 Å². The molecule has 0 aliphatic heterocycles. The smallest absolute Gasteiger partial charge is 0.349 e. The molecular formula is C10H9N5O2. The monoisotopic (exact) mass is 231 g/mol. The lowest BCUT2D eigenvalue weighted by Crippen LogP contribution is -2.24. The molecule has 2 aromatic rings. The minimum Gasteiger partial charge on any atom is -0.351 e. The van der Waals surface area contributed by atoms with E-state index in [9.17, 15) is 9.59 Å². The molecule has 2 rings (SSSR count). The Labute approximate surface area is 95.7 Å². The Balaban J connectivity index is 2.45. The maximum absolute atomic E-state index is 11.3. The number of hydrogen-bond donors (Lipinski definition) is 3. The number of rotatable bonds is 2. The van der Waals surface area contributed by atoms with Crippen molar-refractivity contribution in [1.82, 2.24) is 15.0 Å². The highest BCUT2D eigenvalue weighted by molar-refractivity contribution is 5.85. The summed E-state index contributed by atoms with van der Waals surface area (Å²) in [4.78, 5) is 31.8. The molecule has 0 saturated carbocycles. The number of hydrogen-bond acceptors (Lipinski definition) is 4. The topological polar surface area (TPSA) is 114 Å². The largest absolute Gasteiger partial charge is 0.351 e. The number of carbonyl (C=O) groups excluding carboxylic acids is 1. The molecule has 0 bridgehead atoms. The van der Waals surface area contributed by atoms with Crippen LogP contribution in [0.4, 0.5) is 10.7 Å². The SMILES string of the molecule is NC(=O)Nc1nc(-c2ccccc2)[nH]c(=O)n1. The van der Waals surface area contributed by atoms with Gasteiger partial charge in [-0.1, -0.05) is 30.3 Å². The Morgan fingerprint density at radius 3 is 2.59 bits per heavy atom. The number of benzene rings is 1. The Bertz CT molecular complexity index is 593. The minimum atomic E-state index is -0.824. The molecule has 4 N–H and O–H groups in total. The molecule has 2 amide bonds. The molecule has 0 atom stereocenters. The standard InChI is InChI=1S/C10H9N5O2/c11-8(16)14-9-12-7(13-10(17)15-9)6-4-2-1-3-5-6/h1-5H,(H4,11,12,13,14,15,16,17). The molecule has 1 aromatic carbocycles. The molecule has 0 spiro atoms. The lowest BCUT2D eigenvalue weighted by atomic mass is 10.2. The number of nitrogens with two attached hydrogens (primary N) is 1. The van der Waals surface area contributed by atoms with E-state index in [1.54, 1.807) is 24.3 Å². The zero-order chi connectivity index (χ0) is 12.3. The van der Waals surface area contributed by atoms with Crippen LogP contribution in [0, 0.1) is 0 Å². The van der Waals surface area contributed by atoms with Gasteiger partial charge in [0.25, 0.3) is 0 Å². The lowest BCUT2D eigenvalue weighted by molar-refractivity contribution is 0.259. The first-order valence-corrected chi connectivity index (χ1v) is 4.75. The summed E-state index contributed by atoms with van der Waals surface area (Å²) in [5.74, 6) is 0.189. The van der Waals surface area contributed by atoms with Crippen LogP contribution in [0.3, 0.4) is 0 Å². The molecule has 0 fully saturated rings. The number of aromatic amines is 1. The van der Waals surface area contributed by atoms with Gasteiger partial charge in [0.15, 0.2) is 0 Å². The number of urea groups is 1. The van der Waals surface area contributed by atoms with Crippen molar-refractivity contribution >= 4 is 12.0 Å². The highest BCUT2D eigenvalue weighted by Crippen LogP contribution is 2.12. The van der Waals surface area contributed by atoms with E-state index in [4.69, 9.17) is 5.73 Å². The normalized spacial score (nSPS) is 9.88. The maximum atomic E-state index is 11.3. The number of anilines is 1. The average Bonchev–Trinajstić information content (AvgIpc) is 2.28. The van der Waals surface area contributed by atoms with Crippen molar-refractivity contribution in [2.24, 2.45) is 5.73 Å². The summed E-state index contributed by atoms with van der Waals surface area (Å²) in [6.07, 6.45) is 0. The highest BCUT2D eigenvalue weighted by Gasteiger charge is 2.05. The van der Waals surface area contributed by atoms with Crippen molar-refractivity contribution < 1.29 is 4.79 Å². The Morgan fingerprint density at radius 2 is 1.94 bits per heavy atom. The summed E-state index contributed by atoms with van der Waals surface area (Å²) in [6, 6.07) is 8.16. The second kappa shape index (κ2) is 4.44. The van der Waals surface area contributed by atoms with Gasteiger partial charge in [-0.25, -0.2) is 9.59 Å². The quantitative estimate of drug-likeness (QED) is 0.690. The van der Waals surface area contributed by atoms with E-state index in [0.29, 0.717) is 11.4 Å². The summed E-state index contributed by atoms with van der Waals surface area (Å²) in [7, 11) is 0. The second-order valence-corrected chi connectivity index (χ2v) is 3.18. The predicted molar refractivity (Wildman–Crippen MR) is 61.3 cm³/mol. The molecule has 7 nitrogen and oxygen atoms in total. The first-order chi connectivity index (χ1) is 8.15. The van der Waals surface area contributed by atoms with Crippen LogP contribution in [0.1, 0.15) is 0 Å². The summed E-state index contributed by atoms with van der Waals surface area (Å²) in [6.45, 7) is 0. The van der Waals surface area contributed by atoms with Crippen LogP contribution in [0.2, 0.25) is 0 Å². The zero-order valence-corrected chi connectivity index (χ0v) is 8.68. The number of primary amides is 1. The van der Waals surface area contributed by atoms with Gasteiger partial charge in [-0.05, 0) is 0 Å². The molecule has 86 valence electrons. The van der Waals surface area contributed by atoms with Crippen molar-refractivity contribution in [2.75, 3.05) is 5.32 Å². The van der Waals surface area contributed by atoms with E-state index in [2.05, 4.69) is 20.3 Å². The van der Waals surface area contributed by atoms with Gasteiger partial charge in [0, 0.05) is 5.56 Å². The Kier molecular flexibility index (Phi) is 2.82. The number of nitrogens with one attached hydrogen (secondary N) is 2. The molecule has 7 heteroatoms. The van der Waals surface area contributed by atoms with E-state index in [0.717, 1.165) is 0 Å². The van der Waals surface area contributed by atoms with E-state index in [1.165, 1.54) is 0 Å². The van der Waals surface area contributed by atoms with E-state index in [1.807, 2.05) is 6.07 Å². The fourth-order valence-electron chi connectivity index (χ4n) is 1.28. The van der Waals surface area contributed by atoms with Gasteiger partial charge in [0.1, 0.15) is 5.82 Å². The molecular weight excluding hydrogens is 222 g/mol. The van der Waals surface area contributed by atoms with E-state index in [-0.39, 0.29) is 5.95 Å². The summed E-state index contributed by atoms with van der Waals surface area (Å²) in [5, 5.41) is 2.15. The van der Waals surface area contributed by atoms with Crippen LogP contribution in [0.25, 0.3) is 11.4 Å². The molecule has 0 unspecified atom stereocenters. The van der Waals surface area contributed by atoms with Gasteiger partial charge >= 0.3 is 11.7 Å². The summed E-state index contributed by atoms with van der Waals surface area (Å²) in [5.41, 5.74) is 5.02. The third-order valence-corrected chi connectivity index (χ3v) is 1.93. The van der Waals surface area contributed by atoms with Gasteiger partial charge in [-0.15, -0.1) is 0 Å². The van der Waals surface area contributed by atoms with Crippen molar-refractivity contribution in [2.45, 2.75) is 0 Å². The van der Waals surface area contributed by atoms with E-state index >= 15 is 0 Å². The van der Waals surface area contributed by atoms with Crippen molar-refractivity contribution in [3.63, 3.8) is 0 Å². The van der Waals surface area contributed by atoms with Gasteiger partial charge in [0.05, 0.1) is 0 Å². The second-order valence-electron chi connectivity index (χ2n) is 3.18. The Morgan fingerprint density at radius 1 is 1.24 bits per heavy atom. The molecule has 1 heterocycles. The van der Waals surface area contributed by atoms with Crippen molar-refractivity contribution in [1.29, 1.82) is 0 Å². The van der Waals surface area contributed by atoms with Gasteiger partial charge in [-0.2, -0.15) is 9.97 Å². The third kappa shape index (κ3) is 2.65. The van der Waals surface area contributed by atoms with Crippen LogP contribution in [-0.4, -0.2) is 21.0 Å². The fourth-order valence-corrected chi connectivity index (χ4v) is 1.28. The molecule has 0 radical (unpaired) electrons. The van der Waals surface area contributed by atoms with Crippen LogP contribution >= 0.6 is 0 Å². The van der Waals surface area contributed by atoms with Gasteiger partial charge in [0.2, 0.25) is 5.95 Å². The number of amides is 2. The third-order valence-electron chi connectivity index (χ3n) is 1.93. The number of H-pyrrole nitrogens is 1.